The molecule has 1 fully saturated rings. The van der Waals surface area contributed by atoms with Gasteiger partial charge in [-0.3, -0.25) is 9.59 Å². The molecular weight excluding hydrogens is 440 g/mol. The van der Waals surface area contributed by atoms with E-state index in [1.54, 1.807) is 40.1 Å². The van der Waals surface area contributed by atoms with Gasteiger partial charge in [0.2, 0.25) is 11.8 Å². The second-order valence-corrected chi connectivity index (χ2v) is 10.3. The average molecular weight is 463 g/mol. The van der Waals surface area contributed by atoms with E-state index < -0.39 is 15.8 Å². The minimum atomic E-state index is -3.32. The molecule has 31 heavy (non-hydrogen) atoms. The van der Waals surface area contributed by atoms with Gasteiger partial charge in [0.1, 0.15) is 5.75 Å². The van der Waals surface area contributed by atoms with E-state index in [-0.39, 0.29) is 29.7 Å². The highest BCUT2D eigenvalue weighted by atomic mass is 35.5. The van der Waals surface area contributed by atoms with Gasteiger partial charge in [-0.1, -0.05) is 11.6 Å². The van der Waals surface area contributed by atoms with Gasteiger partial charge < -0.3 is 14.5 Å². The number of aryl methyl sites for hydroxylation is 1. The molecule has 2 aromatic rings. The molecule has 4 rings (SSSR count). The maximum atomic E-state index is 13.4. The topological polar surface area (TPSA) is 84.0 Å². The molecule has 2 aliphatic rings. The van der Waals surface area contributed by atoms with Crippen molar-refractivity contribution in [1.29, 1.82) is 0 Å². The number of hydrogen-bond donors (Lipinski definition) is 0. The van der Waals surface area contributed by atoms with Gasteiger partial charge in [0.25, 0.3) is 0 Å². The SMILES string of the molecule is COc1ccc(Cl)cc1N1CC(C(=O)N2CCCc3cc(S(C)(=O)=O)ccc32)CC1=O. The summed E-state index contributed by atoms with van der Waals surface area (Å²) >= 11 is 6.11. The summed E-state index contributed by atoms with van der Waals surface area (Å²) in [4.78, 5) is 29.6. The van der Waals surface area contributed by atoms with Crippen LogP contribution in [0, 0.1) is 5.92 Å². The third-order valence-electron chi connectivity index (χ3n) is 5.77. The van der Waals surface area contributed by atoms with Crippen molar-refractivity contribution in [3.8, 4) is 5.75 Å². The third-order valence-corrected chi connectivity index (χ3v) is 7.12. The molecule has 1 atom stereocenters. The summed E-state index contributed by atoms with van der Waals surface area (Å²) in [5, 5.41) is 0.477. The van der Waals surface area contributed by atoms with E-state index in [2.05, 4.69) is 0 Å². The Morgan fingerprint density at radius 1 is 1.16 bits per heavy atom. The smallest absolute Gasteiger partial charge is 0.232 e. The highest BCUT2D eigenvalue weighted by molar-refractivity contribution is 7.90. The summed E-state index contributed by atoms with van der Waals surface area (Å²) in [5.41, 5.74) is 2.10. The Labute approximate surface area is 186 Å². The van der Waals surface area contributed by atoms with Gasteiger partial charge in [0.05, 0.1) is 23.6 Å². The van der Waals surface area contributed by atoms with Crippen LogP contribution < -0.4 is 14.5 Å². The van der Waals surface area contributed by atoms with E-state index in [1.807, 2.05) is 0 Å². The molecule has 1 unspecified atom stereocenters. The number of ether oxygens (including phenoxy) is 1. The lowest BCUT2D eigenvalue weighted by Crippen LogP contribution is -2.40. The van der Waals surface area contributed by atoms with Gasteiger partial charge in [-0.2, -0.15) is 0 Å². The first-order chi connectivity index (χ1) is 14.7. The van der Waals surface area contributed by atoms with Gasteiger partial charge >= 0.3 is 0 Å². The molecule has 9 heteroatoms. The summed E-state index contributed by atoms with van der Waals surface area (Å²) in [6.45, 7) is 0.775. The number of nitrogens with zero attached hydrogens (tertiary/aromatic N) is 2. The molecule has 0 aromatic heterocycles. The summed E-state index contributed by atoms with van der Waals surface area (Å²) in [5.74, 6) is -0.285. The predicted molar refractivity (Wildman–Crippen MR) is 119 cm³/mol. The molecule has 0 aliphatic carbocycles. The van der Waals surface area contributed by atoms with Crippen molar-refractivity contribution in [2.45, 2.75) is 24.2 Å². The van der Waals surface area contributed by atoms with Crippen LogP contribution in [0.2, 0.25) is 5.02 Å². The average Bonchev–Trinajstić information content (AvgIpc) is 3.13. The molecule has 2 aromatic carbocycles. The van der Waals surface area contributed by atoms with Crippen LogP contribution in [-0.4, -0.2) is 46.7 Å². The molecule has 7 nitrogen and oxygen atoms in total. The molecule has 0 bridgehead atoms. The van der Waals surface area contributed by atoms with Crippen LogP contribution in [-0.2, 0) is 25.8 Å². The van der Waals surface area contributed by atoms with Crippen LogP contribution in [0.5, 0.6) is 5.75 Å². The van der Waals surface area contributed by atoms with E-state index in [1.165, 1.54) is 19.4 Å². The maximum absolute atomic E-state index is 13.4. The van der Waals surface area contributed by atoms with Crippen molar-refractivity contribution in [2.24, 2.45) is 5.92 Å². The number of rotatable bonds is 4. The van der Waals surface area contributed by atoms with E-state index in [9.17, 15) is 18.0 Å². The van der Waals surface area contributed by atoms with Crippen LogP contribution in [0.4, 0.5) is 11.4 Å². The fourth-order valence-corrected chi connectivity index (χ4v) is 5.07. The number of anilines is 2. The largest absolute Gasteiger partial charge is 0.495 e. The third kappa shape index (κ3) is 4.14. The number of fused-ring (bicyclic) bond motifs is 1. The van der Waals surface area contributed by atoms with Crippen LogP contribution in [0.3, 0.4) is 0 Å². The second-order valence-electron chi connectivity index (χ2n) is 7.88. The predicted octanol–water partition coefficient (Wildman–Crippen LogP) is 3.08. The number of halogens is 1. The minimum Gasteiger partial charge on any atom is -0.495 e. The normalized spacial score (nSPS) is 18.8. The first-order valence-corrected chi connectivity index (χ1v) is 12.2. The Balaban J connectivity index is 1.60. The van der Waals surface area contributed by atoms with Crippen LogP contribution in [0.25, 0.3) is 0 Å². The van der Waals surface area contributed by atoms with Crippen LogP contribution in [0.1, 0.15) is 18.4 Å². The number of carbonyl (C=O) groups excluding carboxylic acids is 2. The summed E-state index contributed by atoms with van der Waals surface area (Å²) in [6, 6.07) is 9.91. The lowest BCUT2D eigenvalue weighted by molar-refractivity contribution is -0.124. The molecule has 2 amide bonds. The Bertz CT molecular complexity index is 1160. The number of hydrogen-bond acceptors (Lipinski definition) is 5. The molecule has 0 saturated carbocycles. The number of carbonyl (C=O) groups is 2. The van der Waals surface area contributed by atoms with E-state index in [0.717, 1.165) is 17.7 Å². The highest BCUT2D eigenvalue weighted by Crippen LogP contribution is 2.37. The minimum absolute atomic E-state index is 0.0990. The zero-order valence-electron chi connectivity index (χ0n) is 17.3. The van der Waals surface area contributed by atoms with Gasteiger partial charge in [0.15, 0.2) is 9.84 Å². The molecule has 0 spiro atoms. The number of benzene rings is 2. The standard InChI is InChI=1S/C22H23ClN2O5S/c1-30-20-8-5-16(23)12-19(20)25-13-15(11-21(25)26)22(27)24-9-3-4-14-10-17(31(2,28)29)6-7-18(14)24/h5-8,10,12,15H,3-4,9,11,13H2,1-2H3. The Morgan fingerprint density at radius 2 is 1.94 bits per heavy atom. The molecule has 0 N–H and O–H groups in total. The first kappa shape index (κ1) is 21.6. The molecule has 2 aliphatic heterocycles. The Hall–Kier alpha value is -2.58. The fourth-order valence-electron chi connectivity index (χ4n) is 4.23. The first-order valence-electron chi connectivity index (χ1n) is 9.97. The van der Waals surface area contributed by atoms with Crippen LogP contribution in [0.15, 0.2) is 41.3 Å². The molecular formula is C22H23ClN2O5S. The highest BCUT2D eigenvalue weighted by Gasteiger charge is 2.39. The Morgan fingerprint density at radius 3 is 2.65 bits per heavy atom. The fraction of sp³-hybridized carbons (Fsp3) is 0.364. The number of amides is 2. The van der Waals surface area contributed by atoms with Gasteiger partial charge in [0, 0.05) is 36.5 Å². The molecule has 1 saturated heterocycles. The lowest BCUT2D eigenvalue weighted by Gasteiger charge is -2.31. The van der Waals surface area contributed by atoms with Crippen molar-refractivity contribution < 1.29 is 22.7 Å². The monoisotopic (exact) mass is 462 g/mol. The van der Waals surface area contributed by atoms with Crippen molar-refractivity contribution in [2.75, 3.05) is 36.3 Å². The van der Waals surface area contributed by atoms with E-state index in [0.29, 0.717) is 29.4 Å². The van der Waals surface area contributed by atoms with Crippen LogP contribution >= 0.6 is 11.6 Å². The quantitative estimate of drug-likeness (QED) is 0.697. The van der Waals surface area contributed by atoms with Crippen molar-refractivity contribution in [3.05, 3.63) is 47.0 Å². The molecule has 2 heterocycles. The maximum Gasteiger partial charge on any atom is 0.232 e. The van der Waals surface area contributed by atoms with Crippen molar-refractivity contribution in [3.63, 3.8) is 0 Å². The van der Waals surface area contributed by atoms with Crippen molar-refractivity contribution >= 4 is 44.6 Å². The molecule has 0 radical (unpaired) electrons. The molecule has 164 valence electrons. The number of methoxy groups -OCH3 is 1. The summed E-state index contributed by atoms with van der Waals surface area (Å²) in [7, 11) is -1.80. The lowest BCUT2D eigenvalue weighted by atomic mass is 9.99. The van der Waals surface area contributed by atoms with Gasteiger partial charge in [-0.25, -0.2) is 8.42 Å². The van der Waals surface area contributed by atoms with E-state index >= 15 is 0 Å². The zero-order valence-corrected chi connectivity index (χ0v) is 18.9. The van der Waals surface area contributed by atoms with Gasteiger partial charge in [-0.05, 0) is 54.8 Å². The summed E-state index contributed by atoms with van der Waals surface area (Å²) in [6.07, 6.45) is 2.71. The second kappa shape index (κ2) is 8.16. The summed E-state index contributed by atoms with van der Waals surface area (Å²) < 4.78 is 29.1. The number of sulfone groups is 1. The van der Waals surface area contributed by atoms with E-state index in [4.69, 9.17) is 16.3 Å². The zero-order chi connectivity index (χ0) is 22.3. The van der Waals surface area contributed by atoms with Crippen molar-refractivity contribution in [1.82, 2.24) is 0 Å². The Kier molecular flexibility index (Phi) is 5.70. The van der Waals surface area contributed by atoms with Gasteiger partial charge in [-0.15, -0.1) is 0 Å².